The maximum absolute atomic E-state index is 12.4. The highest BCUT2D eigenvalue weighted by Gasteiger charge is 2.20. The maximum atomic E-state index is 12.4. The number of rotatable bonds is 7. The first-order valence-electron chi connectivity index (χ1n) is 9.24. The van der Waals surface area contributed by atoms with Crippen LogP contribution < -0.4 is 4.74 Å². The second-order valence-corrected chi connectivity index (χ2v) is 7.51. The van der Waals surface area contributed by atoms with Crippen molar-refractivity contribution in [3.05, 3.63) is 64.1 Å². The van der Waals surface area contributed by atoms with Crippen molar-refractivity contribution in [2.24, 2.45) is 0 Å². The van der Waals surface area contributed by atoms with Crippen LogP contribution in [-0.4, -0.2) is 48.5 Å². The fourth-order valence-electron chi connectivity index (χ4n) is 3.15. The number of ether oxygens (including phenoxy) is 1. The summed E-state index contributed by atoms with van der Waals surface area (Å²) in [5.74, 6) is 0.795. The van der Waals surface area contributed by atoms with E-state index in [4.69, 9.17) is 27.9 Å². The Labute approximate surface area is 170 Å². The highest BCUT2D eigenvalue weighted by Crippen LogP contribution is 2.27. The highest BCUT2D eigenvalue weighted by atomic mass is 35.5. The number of hydrogen-bond donors (Lipinski definition) is 0. The number of nitrogens with zero attached hydrogens (tertiary/aromatic N) is 2. The van der Waals surface area contributed by atoms with E-state index in [2.05, 4.69) is 29.2 Å². The van der Waals surface area contributed by atoms with Crippen LogP contribution in [0.15, 0.2) is 48.5 Å². The SMILES string of the molecule is O=C(CCCOc1ccc(Cl)cc1Cl)N1CCN(Cc2ccccc2)CC1. The van der Waals surface area contributed by atoms with E-state index in [1.807, 2.05) is 11.0 Å². The molecule has 0 radical (unpaired) electrons. The minimum atomic E-state index is 0.195. The minimum Gasteiger partial charge on any atom is -0.492 e. The van der Waals surface area contributed by atoms with Gasteiger partial charge in [-0.15, -0.1) is 0 Å². The summed E-state index contributed by atoms with van der Waals surface area (Å²) in [5.41, 5.74) is 1.32. The minimum absolute atomic E-state index is 0.195. The van der Waals surface area contributed by atoms with Crippen LogP contribution in [0.1, 0.15) is 18.4 Å². The van der Waals surface area contributed by atoms with Gasteiger partial charge in [-0.2, -0.15) is 0 Å². The van der Waals surface area contributed by atoms with Crippen LogP contribution in [0.5, 0.6) is 5.75 Å². The summed E-state index contributed by atoms with van der Waals surface area (Å²) in [4.78, 5) is 16.7. The molecule has 0 bridgehead atoms. The van der Waals surface area contributed by atoms with Crippen molar-refractivity contribution >= 4 is 29.1 Å². The van der Waals surface area contributed by atoms with Crippen molar-refractivity contribution in [2.45, 2.75) is 19.4 Å². The monoisotopic (exact) mass is 406 g/mol. The van der Waals surface area contributed by atoms with Crippen LogP contribution in [0.2, 0.25) is 10.0 Å². The summed E-state index contributed by atoms with van der Waals surface area (Å²) >= 11 is 11.9. The Morgan fingerprint density at radius 1 is 1.00 bits per heavy atom. The van der Waals surface area contributed by atoms with Gasteiger partial charge in [0.2, 0.25) is 5.91 Å². The lowest BCUT2D eigenvalue weighted by atomic mass is 10.2. The first kappa shape index (κ1) is 20.0. The number of amides is 1. The lowest BCUT2D eigenvalue weighted by Gasteiger charge is -2.34. The normalized spacial score (nSPS) is 15.0. The lowest BCUT2D eigenvalue weighted by molar-refractivity contribution is -0.133. The summed E-state index contributed by atoms with van der Waals surface area (Å²) < 4.78 is 5.64. The highest BCUT2D eigenvalue weighted by molar-refractivity contribution is 6.35. The van der Waals surface area contributed by atoms with Gasteiger partial charge >= 0.3 is 0 Å². The number of piperazine rings is 1. The average molecular weight is 407 g/mol. The van der Waals surface area contributed by atoms with Gasteiger partial charge in [-0.3, -0.25) is 9.69 Å². The zero-order valence-corrected chi connectivity index (χ0v) is 16.8. The molecule has 1 aliphatic heterocycles. The Hall–Kier alpha value is -1.75. The third kappa shape index (κ3) is 6.13. The molecule has 1 heterocycles. The number of carbonyl (C=O) groups excluding carboxylic acids is 1. The molecule has 27 heavy (non-hydrogen) atoms. The van der Waals surface area contributed by atoms with Gasteiger partial charge in [-0.05, 0) is 30.2 Å². The van der Waals surface area contributed by atoms with E-state index < -0.39 is 0 Å². The molecule has 0 aliphatic carbocycles. The molecule has 1 amide bonds. The molecule has 2 aromatic carbocycles. The molecule has 1 saturated heterocycles. The van der Waals surface area contributed by atoms with Gasteiger partial charge in [-0.1, -0.05) is 53.5 Å². The van der Waals surface area contributed by atoms with Gasteiger partial charge in [0.1, 0.15) is 5.75 Å². The van der Waals surface area contributed by atoms with E-state index in [-0.39, 0.29) is 5.91 Å². The molecule has 0 atom stereocenters. The molecule has 6 heteroatoms. The first-order chi connectivity index (χ1) is 13.1. The van der Waals surface area contributed by atoms with Gasteiger partial charge in [-0.25, -0.2) is 0 Å². The zero-order valence-electron chi connectivity index (χ0n) is 15.2. The molecule has 1 fully saturated rings. The topological polar surface area (TPSA) is 32.8 Å². The van der Waals surface area contributed by atoms with Crippen molar-refractivity contribution in [2.75, 3.05) is 32.8 Å². The Kier molecular flexibility index (Phi) is 7.39. The van der Waals surface area contributed by atoms with Gasteiger partial charge in [0.05, 0.1) is 11.6 Å². The predicted molar refractivity (Wildman–Crippen MR) is 109 cm³/mol. The molecule has 0 aromatic heterocycles. The summed E-state index contributed by atoms with van der Waals surface area (Å²) in [5, 5.41) is 1.07. The zero-order chi connectivity index (χ0) is 19.1. The summed E-state index contributed by atoms with van der Waals surface area (Å²) in [6, 6.07) is 15.6. The van der Waals surface area contributed by atoms with E-state index in [9.17, 15) is 4.79 Å². The molecular formula is C21H24Cl2N2O2. The standard InChI is InChI=1S/C21H24Cl2N2O2/c22-18-8-9-20(19(23)15-18)27-14-4-7-21(26)25-12-10-24(11-13-25)16-17-5-2-1-3-6-17/h1-3,5-6,8-9,15H,4,7,10-14,16H2. The van der Waals surface area contributed by atoms with Crippen LogP contribution in [0, 0.1) is 0 Å². The quantitative estimate of drug-likeness (QED) is 0.634. The average Bonchev–Trinajstić information content (AvgIpc) is 2.68. The fourth-order valence-corrected chi connectivity index (χ4v) is 3.62. The van der Waals surface area contributed by atoms with Crippen LogP contribution in [0.4, 0.5) is 0 Å². The van der Waals surface area contributed by atoms with E-state index in [0.717, 1.165) is 32.7 Å². The molecule has 2 aromatic rings. The summed E-state index contributed by atoms with van der Waals surface area (Å²) in [7, 11) is 0. The van der Waals surface area contributed by atoms with Crippen molar-refractivity contribution < 1.29 is 9.53 Å². The van der Waals surface area contributed by atoms with E-state index in [1.165, 1.54) is 5.56 Å². The largest absolute Gasteiger partial charge is 0.492 e. The number of halogens is 2. The van der Waals surface area contributed by atoms with Crippen LogP contribution in [0.3, 0.4) is 0 Å². The van der Waals surface area contributed by atoms with Crippen molar-refractivity contribution in [1.82, 2.24) is 9.80 Å². The Morgan fingerprint density at radius 2 is 1.74 bits per heavy atom. The smallest absolute Gasteiger partial charge is 0.222 e. The van der Waals surface area contributed by atoms with Gasteiger partial charge in [0, 0.05) is 44.2 Å². The first-order valence-corrected chi connectivity index (χ1v) is 9.99. The molecule has 0 N–H and O–H groups in total. The third-order valence-electron chi connectivity index (χ3n) is 4.66. The van der Waals surface area contributed by atoms with Crippen molar-refractivity contribution in [3.63, 3.8) is 0 Å². The van der Waals surface area contributed by atoms with Crippen LogP contribution in [0.25, 0.3) is 0 Å². The number of carbonyl (C=O) groups is 1. The molecular weight excluding hydrogens is 383 g/mol. The second-order valence-electron chi connectivity index (χ2n) is 6.67. The molecule has 3 rings (SSSR count). The number of benzene rings is 2. The van der Waals surface area contributed by atoms with E-state index in [0.29, 0.717) is 35.2 Å². The second kappa shape index (κ2) is 9.98. The van der Waals surface area contributed by atoms with Crippen LogP contribution in [-0.2, 0) is 11.3 Å². The van der Waals surface area contributed by atoms with Gasteiger partial charge in [0.25, 0.3) is 0 Å². The predicted octanol–water partition coefficient (Wildman–Crippen LogP) is 4.50. The Balaban J connectivity index is 1.34. The van der Waals surface area contributed by atoms with Crippen molar-refractivity contribution in [3.8, 4) is 5.75 Å². The Morgan fingerprint density at radius 3 is 2.44 bits per heavy atom. The van der Waals surface area contributed by atoms with Gasteiger partial charge < -0.3 is 9.64 Å². The lowest BCUT2D eigenvalue weighted by Crippen LogP contribution is -2.48. The van der Waals surface area contributed by atoms with Crippen molar-refractivity contribution in [1.29, 1.82) is 0 Å². The van der Waals surface area contributed by atoms with E-state index in [1.54, 1.807) is 18.2 Å². The molecule has 4 nitrogen and oxygen atoms in total. The molecule has 0 unspecified atom stereocenters. The molecule has 1 aliphatic rings. The fraction of sp³-hybridized carbons (Fsp3) is 0.381. The van der Waals surface area contributed by atoms with Gasteiger partial charge in [0.15, 0.2) is 0 Å². The molecule has 0 spiro atoms. The molecule has 144 valence electrons. The Bertz CT molecular complexity index is 747. The van der Waals surface area contributed by atoms with E-state index >= 15 is 0 Å². The number of hydrogen-bond acceptors (Lipinski definition) is 3. The summed E-state index contributed by atoms with van der Waals surface area (Å²) in [6.45, 7) is 4.81. The molecule has 0 saturated carbocycles. The van der Waals surface area contributed by atoms with Crippen LogP contribution >= 0.6 is 23.2 Å². The maximum Gasteiger partial charge on any atom is 0.222 e. The summed E-state index contributed by atoms with van der Waals surface area (Å²) in [6.07, 6.45) is 1.16. The third-order valence-corrected chi connectivity index (χ3v) is 5.19.